The van der Waals surface area contributed by atoms with Crippen LogP contribution in [0, 0.1) is 5.92 Å². The van der Waals surface area contributed by atoms with E-state index in [2.05, 4.69) is 0 Å². The third kappa shape index (κ3) is 5.27. The van der Waals surface area contributed by atoms with E-state index >= 15 is 0 Å². The van der Waals surface area contributed by atoms with Crippen molar-refractivity contribution in [1.29, 1.82) is 0 Å². The fourth-order valence-electron chi connectivity index (χ4n) is 4.84. The highest BCUT2D eigenvalue weighted by Crippen LogP contribution is 2.34. The van der Waals surface area contributed by atoms with Crippen LogP contribution < -0.4 is 9.64 Å². The minimum Gasteiger partial charge on any atom is -0.494 e. The zero-order valence-electron chi connectivity index (χ0n) is 20.3. The van der Waals surface area contributed by atoms with Gasteiger partial charge in [0.25, 0.3) is 0 Å². The lowest BCUT2D eigenvalue weighted by molar-refractivity contribution is -0.123. The number of ether oxygens (including phenoxy) is 2. The molecular formula is C26H31N3O5S2. The highest BCUT2D eigenvalue weighted by Gasteiger charge is 2.37. The van der Waals surface area contributed by atoms with Gasteiger partial charge in [0.2, 0.25) is 15.9 Å². The number of hydrogen-bond donors (Lipinski definition) is 0. The van der Waals surface area contributed by atoms with E-state index in [9.17, 15) is 13.2 Å². The summed E-state index contributed by atoms with van der Waals surface area (Å²) in [6, 6.07) is 14.2. The summed E-state index contributed by atoms with van der Waals surface area (Å²) in [5.74, 6) is 0.235. The highest BCUT2D eigenvalue weighted by atomic mass is 32.2. The molecule has 2 aromatic carbocycles. The van der Waals surface area contributed by atoms with Crippen molar-refractivity contribution in [3.05, 3.63) is 48.5 Å². The maximum absolute atomic E-state index is 13.9. The molecule has 192 valence electrons. The Kier molecular flexibility index (Phi) is 7.57. The molecule has 0 N–H and O–H groups in total. The van der Waals surface area contributed by atoms with Gasteiger partial charge in [-0.3, -0.25) is 9.69 Å². The molecule has 8 nitrogen and oxygen atoms in total. The van der Waals surface area contributed by atoms with E-state index in [0.29, 0.717) is 44.3 Å². The van der Waals surface area contributed by atoms with Crippen LogP contribution in [0.1, 0.15) is 32.6 Å². The first-order valence-corrected chi connectivity index (χ1v) is 14.7. The van der Waals surface area contributed by atoms with Gasteiger partial charge in [-0.25, -0.2) is 13.4 Å². The van der Waals surface area contributed by atoms with E-state index in [4.69, 9.17) is 14.5 Å². The molecule has 5 rings (SSSR count). The van der Waals surface area contributed by atoms with Crippen molar-refractivity contribution in [3.63, 3.8) is 0 Å². The molecule has 10 heteroatoms. The number of nitrogens with zero attached hydrogens (tertiary/aromatic N) is 3. The Balaban J connectivity index is 1.41. The first kappa shape index (κ1) is 25.1. The summed E-state index contributed by atoms with van der Waals surface area (Å²) in [6.45, 7) is 4.20. The molecular weight excluding hydrogens is 498 g/mol. The summed E-state index contributed by atoms with van der Waals surface area (Å²) in [4.78, 5) is 20.7. The van der Waals surface area contributed by atoms with Crippen molar-refractivity contribution in [3.8, 4) is 5.75 Å². The normalized spacial score (nSPS) is 21.0. The van der Waals surface area contributed by atoms with Crippen molar-refractivity contribution in [2.45, 2.75) is 43.6 Å². The average Bonchev–Trinajstić information content (AvgIpc) is 3.57. The standard InChI is InChI=1S/C26H31N3O5S2/c1-2-33-20-12-13-23-24(16-20)35-26(27-23)29(18-21-9-7-15-34-21)25(30)19-8-6-14-28(17-19)36(31,32)22-10-4-3-5-11-22/h3-5,10-13,16,19,21H,2,6-9,14-15,17-18H2,1H3. The zero-order valence-corrected chi connectivity index (χ0v) is 22.0. The van der Waals surface area contributed by atoms with Crippen molar-refractivity contribution in [2.75, 3.05) is 37.7 Å². The quantitative estimate of drug-likeness (QED) is 0.432. The maximum Gasteiger partial charge on any atom is 0.243 e. The number of hydrogen-bond acceptors (Lipinski definition) is 7. The van der Waals surface area contributed by atoms with Crippen LogP contribution in [-0.2, 0) is 19.6 Å². The molecule has 0 saturated carbocycles. The number of fused-ring (bicyclic) bond motifs is 1. The molecule has 0 spiro atoms. The monoisotopic (exact) mass is 529 g/mol. The number of thiazole rings is 1. The molecule has 2 aliphatic heterocycles. The van der Waals surface area contributed by atoms with Crippen molar-refractivity contribution < 1.29 is 22.7 Å². The van der Waals surface area contributed by atoms with Crippen LogP contribution >= 0.6 is 11.3 Å². The van der Waals surface area contributed by atoms with Gasteiger partial charge in [-0.05, 0) is 62.9 Å². The Bertz CT molecular complexity index is 1310. The summed E-state index contributed by atoms with van der Waals surface area (Å²) in [6.07, 6.45) is 3.08. The number of benzene rings is 2. The molecule has 36 heavy (non-hydrogen) atoms. The lowest BCUT2D eigenvalue weighted by Crippen LogP contribution is -2.48. The van der Waals surface area contributed by atoms with Crippen LogP contribution in [-0.4, -0.2) is 62.6 Å². The second-order valence-electron chi connectivity index (χ2n) is 9.16. The predicted molar refractivity (Wildman–Crippen MR) is 140 cm³/mol. The molecule has 2 aliphatic rings. The first-order chi connectivity index (χ1) is 17.5. The predicted octanol–water partition coefficient (Wildman–Crippen LogP) is 4.31. The first-order valence-electron chi connectivity index (χ1n) is 12.5. The topological polar surface area (TPSA) is 89.0 Å². The molecule has 1 amide bonds. The van der Waals surface area contributed by atoms with Gasteiger partial charge in [0.1, 0.15) is 5.75 Å². The second-order valence-corrected chi connectivity index (χ2v) is 12.1. The van der Waals surface area contributed by atoms with E-state index in [1.54, 1.807) is 35.2 Å². The van der Waals surface area contributed by atoms with E-state index < -0.39 is 15.9 Å². The Morgan fingerprint density at radius 2 is 2.03 bits per heavy atom. The Labute approximate surface area is 215 Å². The molecule has 2 fully saturated rings. The van der Waals surface area contributed by atoms with Crippen LogP contribution in [0.25, 0.3) is 10.2 Å². The van der Waals surface area contributed by atoms with Gasteiger partial charge in [-0.2, -0.15) is 4.31 Å². The number of anilines is 1. The van der Waals surface area contributed by atoms with Crippen LogP contribution in [0.4, 0.5) is 5.13 Å². The van der Waals surface area contributed by atoms with Gasteiger partial charge < -0.3 is 9.47 Å². The SMILES string of the molecule is CCOc1ccc2nc(N(CC3CCCO3)C(=O)C3CCCN(S(=O)(=O)c4ccccc4)C3)sc2c1. The van der Waals surface area contributed by atoms with Crippen LogP contribution in [0.3, 0.4) is 0 Å². The third-order valence-corrected chi connectivity index (χ3v) is 9.60. The van der Waals surface area contributed by atoms with Crippen molar-refractivity contribution >= 4 is 42.6 Å². The van der Waals surface area contributed by atoms with E-state index in [1.165, 1.54) is 15.6 Å². The summed E-state index contributed by atoms with van der Waals surface area (Å²) >= 11 is 1.45. The number of aromatic nitrogens is 1. The number of carbonyl (C=O) groups excluding carboxylic acids is 1. The maximum atomic E-state index is 13.9. The number of sulfonamides is 1. The van der Waals surface area contributed by atoms with Gasteiger partial charge in [0.15, 0.2) is 5.13 Å². The minimum atomic E-state index is -3.66. The number of carbonyl (C=O) groups is 1. The second kappa shape index (κ2) is 10.8. The lowest BCUT2D eigenvalue weighted by atomic mass is 9.98. The summed E-state index contributed by atoms with van der Waals surface area (Å²) in [5, 5.41) is 0.613. The average molecular weight is 530 g/mol. The summed E-state index contributed by atoms with van der Waals surface area (Å²) in [5.41, 5.74) is 0.806. The van der Waals surface area contributed by atoms with E-state index in [0.717, 1.165) is 28.8 Å². The Hall–Kier alpha value is -2.53. The zero-order chi connectivity index (χ0) is 25.1. The number of amides is 1. The number of piperidine rings is 1. The van der Waals surface area contributed by atoms with Gasteiger partial charge >= 0.3 is 0 Å². The van der Waals surface area contributed by atoms with E-state index in [-0.39, 0.29) is 23.5 Å². The Morgan fingerprint density at radius 3 is 2.78 bits per heavy atom. The molecule has 0 radical (unpaired) electrons. The molecule has 2 saturated heterocycles. The number of rotatable bonds is 8. The fourth-order valence-corrected chi connectivity index (χ4v) is 7.40. The summed E-state index contributed by atoms with van der Waals surface area (Å²) in [7, 11) is -3.66. The lowest BCUT2D eigenvalue weighted by Gasteiger charge is -2.34. The van der Waals surface area contributed by atoms with Crippen LogP contribution in [0.15, 0.2) is 53.4 Å². The van der Waals surface area contributed by atoms with Gasteiger partial charge in [0.05, 0.1) is 40.3 Å². The molecule has 3 aromatic rings. The summed E-state index contributed by atoms with van der Waals surface area (Å²) < 4.78 is 40.4. The highest BCUT2D eigenvalue weighted by molar-refractivity contribution is 7.89. The van der Waals surface area contributed by atoms with Crippen molar-refractivity contribution in [1.82, 2.24) is 9.29 Å². The minimum absolute atomic E-state index is 0.0484. The fraction of sp³-hybridized carbons (Fsp3) is 0.462. The van der Waals surface area contributed by atoms with Gasteiger partial charge in [-0.1, -0.05) is 29.5 Å². The molecule has 2 unspecified atom stereocenters. The third-order valence-electron chi connectivity index (χ3n) is 6.68. The Morgan fingerprint density at radius 1 is 1.19 bits per heavy atom. The molecule has 2 atom stereocenters. The van der Waals surface area contributed by atoms with E-state index in [1.807, 2.05) is 25.1 Å². The largest absolute Gasteiger partial charge is 0.494 e. The molecule has 3 heterocycles. The smallest absolute Gasteiger partial charge is 0.243 e. The van der Waals surface area contributed by atoms with Crippen LogP contribution in [0.5, 0.6) is 5.75 Å². The van der Waals surface area contributed by atoms with Gasteiger partial charge in [0, 0.05) is 19.7 Å². The van der Waals surface area contributed by atoms with Gasteiger partial charge in [-0.15, -0.1) is 0 Å². The molecule has 0 bridgehead atoms. The molecule has 0 aliphatic carbocycles. The molecule has 1 aromatic heterocycles. The van der Waals surface area contributed by atoms with Crippen molar-refractivity contribution in [2.24, 2.45) is 5.92 Å². The van der Waals surface area contributed by atoms with Crippen LogP contribution in [0.2, 0.25) is 0 Å².